The summed E-state index contributed by atoms with van der Waals surface area (Å²) in [6.07, 6.45) is 9.12. The van der Waals surface area contributed by atoms with Crippen molar-refractivity contribution in [1.29, 1.82) is 0 Å². The van der Waals surface area contributed by atoms with E-state index in [0.29, 0.717) is 16.9 Å². The number of amides is 1. The number of anilines is 1. The van der Waals surface area contributed by atoms with E-state index < -0.39 is 11.9 Å². The third-order valence-electron chi connectivity index (χ3n) is 9.73. The molecule has 44 heavy (non-hydrogen) atoms. The number of allylic oxidation sites excluding steroid dienone is 2. The lowest BCUT2D eigenvalue weighted by atomic mass is 9.78. The number of benzene rings is 4. The van der Waals surface area contributed by atoms with Crippen molar-refractivity contribution in [2.24, 2.45) is 11.3 Å². The van der Waals surface area contributed by atoms with Crippen LogP contribution in [-0.4, -0.2) is 17.0 Å². The zero-order valence-electron chi connectivity index (χ0n) is 25.3. The van der Waals surface area contributed by atoms with Crippen molar-refractivity contribution in [2.45, 2.75) is 58.3 Å². The number of carbonyl (C=O) groups excluding carboxylic acids is 1. The van der Waals surface area contributed by atoms with E-state index in [4.69, 9.17) is 11.6 Å². The van der Waals surface area contributed by atoms with Crippen LogP contribution in [0.2, 0.25) is 5.02 Å². The Balaban J connectivity index is 1.21. The molecule has 224 valence electrons. The van der Waals surface area contributed by atoms with Crippen molar-refractivity contribution in [3.05, 3.63) is 130 Å². The molecular formula is C39H38ClNO3. The molecular weight excluding hydrogens is 566 g/mol. The average molecular weight is 604 g/mol. The fourth-order valence-electron chi connectivity index (χ4n) is 6.56. The zero-order valence-corrected chi connectivity index (χ0v) is 26.0. The van der Waals surface area contributed by atoms with Crippen molar-refractivity contribution < 1.29 is 14.7 Å². The molecule has 4 aromatic rings. The Kier molecular flexibility index (Phi) is 8.46. The highest BCUT2D eigenvalue weighted by Gasteiger charge is 2.44. The van der Waals surface area contributed by atoms with Gasteiger partial charge in [0.1, 0.15) is 0 Å². The number of hydrogen-bond acceptors (Lipinski definition) is 2. The fraction of sp³-hybridized carbons (Fsp3) is 0.282. The highest BCUT2D eigenvalue weighted by molar-refractivity contribution is 6.30. The second-order valence-corrected chi connectivity index (χ2v) is 13.2. The Morgan fingerprint density at radius 1 is 0.932 bits per heavy atom. The number of aryl methyl sites for hydroxylation is 1. The minimum atomic E-state index is -0.965. The maximum atomic E-state index is 13.8. The van der Waals surface area contributed by atoms with Crippen LogP contribution in [0.25, 0.3) is 16.7 Å². The molecule has 0 bridgehead atoms. The number of nitrogens with one attached hydrogen (secondary N) is 1. The monoisotopic (exact) mass is 603 g/mol. The summed E-state index contributed by atoms with van der Waals surface area (Å²) in [4.78, 5) is 25.2. The van der Waals surface area contributed by atoms with Gasteiger partial charge in [-0.1, -0.05) is 79.2 Å². The van der Waals surface area contributed by atoms with Crippen LogP contribution in [0.5, 0.6) is 0 Å². The largest absolute Gasteiger partial charge is 0.478 e. The van der Waals surface area contributed by atoms with Crippen LogP contribution in [0.15, 0.2) is 97.1 Å². The van der Waals surface area contributed by atoms with Gasteiger partial charge in [0.25, 0.3) is 0 Å². The fourth-order valence-corrected chi connectivity index (χ4v) is 6.79. The molecule has 2 aliphatic rings. The van der Waals surface area contributed by atoms with Crippen molar-refractivity contribution in [3.63, 3.8) is 0 Å². The number of carboxylic acid groups (broad SMARTS) is 1. The summed E-state index contributed by atoms with van der Waals surface area (Å²) in [5, 5.41) is 13.2. The van der Waals surface area contributed by atoms with E-state index in [1.165, 1.54) is 30.4 Å². The Morgan fingerprint density at radius 2 is 1.61 bits per heavy atom. The topological polar surface area (TPSA) is 66.4 Å². The Hall–Kier alpha value is -4.15. The molecule has 2 aliphatic carbocycles. The van der Waals surface area contributed by atoms with Gasteiger partial charge in [-0.2, -0.15) is 0 Å². The highest BCUT2D eigenvalue weighted by Crippen LogP contribution is 2.56. The Morgan fingerprint density at radius 3 is 2.20 bits per heavy atom. The molecule has 4 aromatic carbocycles. The zero-order chi connectivity index (χ0) is 30.8. The van der Waals surface area contributed by atoms with Crippen LogP contribution >= 0.6 is 11.6 Å². The maximum Gasteiger partial charge on any atom is 0.335 e. The van der Waals surface area contributed by atoms with Crippen LogP contribution in [0.4, 0.5) is 5.69 Å². The molecule has 2 N–H and O–H groups in total. The predicted molar refractivity (Wildman–Crippen MR) is 179 cm³/mol. The lowest BCUT2D eigenvalue weighted by Gasteiger charge is -2.27. The molecule has 1 unspecified atom stereocenters. The molecule has 0 radical (unpaired) electrons. The Labute approximate surface area is 264 Å². The van der Waals surface area contributed by atoms with Gasteiger partial charge in [0.2, 0.25) is 5.91 Å². The Bertz CT molecular complexity index is 1700. The number of carbonyl (C=O) groups is 2. The van der Waals surface area contributed by atoms with Crippen LogP contribution in [-0.2, 0) is 11.2 Å². The first kappa shape index (κ1) is 29.9. The normalized spacial score (nSPS) is 17.8. The van der Waals surface area contributed by atoms with Gasteiger partial charge in [-0.15, -0.1) is 0 Å². The van der Waals surface area contributed by atoms with E-state index in [-0.39, 0.29) is 11.5 Å². The SMILES string of the molecule is Cc1cc(Cl)ccc1-c1ccc(NC(=O)[C@H](Cc2ccc(C(=O)O)cc2)c2ccc(C3=CCC(C4(C)CC4)CC3)cc2)cc1. The molecule has 6 rings (SSSR count). The number of halogens is 1. The molecule has 1 fully saturated rings. The molecule has 2 atom stereocenters. The predicted octanol–water partition coefficient (Wildman–Crippen LogP) is 9.96. The summed E-state index contributed by atoms with van der Waals surface area (Å²) in [5.74, 6) is -0.714. The smallest absolute Gasteiger partial charge is 0.335 e. The lowest BCUT2D eigenvalue weighted by Crippen LogP contribution is -2.23. The number of aromatic carboxylic acids is 1. The molecule has 1 saturated carbocycles. The van der Waals surface area contributed by atoms with Gasteiger partial charge in [-0.05, 0) is 132 Å². The molecule has 1 amide bonds. The second-order valence-electron chi connectivity index (χ2n) is 12.8. The summed E-state index contributed by atoms with van der Waals surface area (Å²) >= 11 is 6.14. The van der Waals surface area contributed by atoms with Crippen molar-refractivity contribution in [1.82, 2.24) is 0 Å². The van der Waals surface area contributed by atoms with Crippen LogP contribution in [0.3, 0.4) is 0 Å². The van der Waals surface area contributed by atoms with Crippen molar-refractivity contribution in [2.75, 3.05) is 5.32 Å². The van der Waals surface area contributed by atoms with Crippen LogP contribution in [0.1, 0.15) is 77.6 Å². The van der Waals surface area contributed by atoms with E-state index in [0.717, 1.165) is 52.3 Å². The summed E-state index contributed by atoms with van der Waals surface area (Å²) in [7, 11) is 0. The standard InChI is InChI=1S/C39H38ClNO3/c1-25-23-33(40)17-20-35(25)29-13-18-34(19-14-29)41-37(42)36(24-26-3-5-31(6-4-26)38(43)44)30-9-7-27(8-10-30)28-11-15-32(16-12-28)39(2)21-22-39/h3-11,13-14,17-20,23,32,36H,12,15-16,21-22,24H2,1-2H3,(H,41,42)(H,43,44)/t32?,36-/m1/s1. The van der Waals surface area contributed by atoms with E-state index in [9.17, 15) is 14.7 Å². The van der Waals surface area contributed by atoms with Gasteiger partial charge in [0.05, 0.1) is 11.5 Å². The molecule has 0 aromatic heterocycles. The summed E-state index contributed by atoms with van der Waals surface area (Å²) in [6, 6.07) is 28.9. The highest BCUT2D eigenvalue weighted by atomic mass is 35.5. The number of carboxylic acids is 1. The summed E-state index contributed by atoms with van der Waals surface area (Å²) in [5.41, 5.74) is 9.22. The third kappa shape index (κ3) is 6.66. The molecule has 5 heteroatoms. The average Bonchev–Trinajstić information content (AvgIpc) is 3.79. The minimum absolute atomic E-state index is 0.104. The first-order valence-electron chi connectivity index (χ1n) is 15.5. The van der Waals surface area contributed by atoms with Gasteiger partial charge >= 0.3 is 5.97 Å². The molecule has 0 heterocycles. The summed E-state index contributed by atoms with van der Waals surface area (Å²) in [6.45, 7) is 4.46. The summed E-state index contributed by atoms with van der Waals surface area (Å²) < 4.78 is 0. The molecule has 0 aliphatic heterocycles. The van der Waals surface area contributed by atoms with E-state index >= 15 is 0 Å². The molecule has 0 saturated heterocycles. The second kappa shape index (κ2) is 12.5. The third-order valence-corrected chi connectivity index (χ3v) is 9.96. The quantitative estimate of drug-likeness (QED) is 0.200. The van der Waals surface area contributed by atoms with Gasteiger partial charge in [0, 0.05) is 10.7 Å². The maximum absolute atomic E-state index is 13.8. The van der Waals surface area contributed by atoms with Crippen molar-refractivity contribution >= 4 is 34.7 Å². The van der Waals surface area contributed by atoms with E-state index in [1.807, 2.05) is 49.4 Å². The lowest BCUT2D eigenvalue weighted by molar-refractivity contribution is -0.117. The molecule has 0 spiro atoms. The van der Waals surface area contributed by atoms with Crippen LogP contribution in [0, 0.1) is 18.3 Å². The van der Waals surface area contributed by atoms with Crippen molar-refractivity contribution in [3.8, 4) is 11.1 Å². The van der Waals surface area contributed by atoms with E-state index in [1.54, 1.807) is 24.3 Å². The van der Waals surface area contributed by atoms with Gasteiger partial charge in [-0.25, -0.2) is 4.79 Å². The first-order valence-corrected chi connectivity index (χ1v) is 15.9. The van der Waals surface area contributed by atoms with Gasteiger partial charge in [-0.3, -0.25) is 4.79 Å². The van der Waals surface area contributed by atoms with E-state index in [2.05, 4.69) is 42.6 Å². The van der Waals surface area contributed by atoms with Gasteiger partial charge in [0.15, 0.2) is 0 Å². The van der Waals surface area contributed by atoms with Crippen LogP contribution < -0.4 is 5.32 Å². The number of rotatable bonds is 9. The minimum Gasteiger partial charge on any atom is -0.478 e. The first-order chi connectivity index (χ1) is 21.2. The molecule has 4 nitrogen and oxygen atoms in total. The number of hydrogen-bond donors (Lipinski definition) is 2. The van der Waals surface area contributed by atoms with Gasteiger partial charge < -0.3 is 10.4 Å².